The van der Waals surface area contributed by atoms with Crippen molar-refractivity contribution in [3.8, 4) is 11.5 Å². The van der Waals surface area contributed by atoms with Crippen molar-refractivity contribution in [1.29, 1.82) is 0 Å². The van der Waals surface area contributed by atoms with Gasteiger partial charge in [-0.2, -0.15) is 0 Å². The van der Waals surface area contributed by atoms with E-state index in [1.165, 1.54) is 0 Å². The molecule has 0 N–H and O–H groups in total. The van der Waals surface area contributed by atoms with Crippen LogP contribution in [-0.4, -0.2) is 13.2 Å². The summed E-state index contributed by atoms with van der Waals surface area (Å²) in [6, 6.07) is 13.8. The Morgan fingerprint density at radius 3 is 2.29 bits per heavy atom. The first-order valence-corrected chi connectivity index (χ1v) is 8.17. The number of hydrogen-bond acceptors (Lipinski definition) is 2. The van der Waals surface area contributed by atoms with Crippen molar-refractivity contribution in [3.63, 3.8) is 0 Å². The highest BCUT2D eigenvalue weighted by Crippen LogP contribution is 2.36. The van der Waals surface area contributed by atoms with E-state index in [0.29, 0.717) is 13.2 Å². The van der Waals surface area contributed by atoms with Gasteiger partial charge < -0.3 is 9.47 Å². The van der Waals surface area contributed by atoms with Gasteiger partial charge in [-0.15, -0.1) is 11.6 Å². The molecule has 0 saturated heterocycles. The van der Waals surface area contributed by atoms with Crippen molar-refractivity contribution < 1.29 is 9.47 Å². The number of benzene rings is 2. The molecule has 2 rings (SSSR count). The molecular formula is C17H18BrClO2. The quantitative estimate of drug-likeness (QED) is 0.619. The van der Waals surface area contributed by atoms with E-state index in [2.05, 4.69) is 15.9 Å². The van der Waals surface area contributed by atoms with Crippen LogP contribution in [0.25, 0.3) is 0 Å². The summed E-state index contributed by atoms with van der Waals surface area (Å²) in [6.45, 7) is 5.10. The van der Waals surface area contributed by atoms with Crippen LogP contribution in [0, 0.1) is 0 Å². The highest BCUT2D eigenvalue weighted by Gasteiger charge is 2.14. The molecule has 112 valence electrons. The first-order valence-electron chi connectivity index (χ1n) is 6.94. The van der Waals surface area contributed by atoms with Crippen LogP contribution >= 0.6 is 27.5 Å². The summed E-state index contributed by atoms with van der Waals surface area (Å²) in [7, 11) is 0. The third-order valence-electron chi connectivity index (χ3n) is 3.00. The molecule has 1 atom stereocenters. The molecule has 0 aliphatic heterocycles. The van der Waals surface area contributed by atoms with E-state index in [-0.39, 0.29) is 5.38 Å². The molecule has 0 bridgehead atoms. The molecule has 0 aliphatic carbocycles. The highest BCUT2D eigenvalue weighted by atomic mass is 79.9. The molecule has 21 heavy (non-hydrogen) atoms. The summed E-state index contributed by atoms with van der Waals surface area (Å²) in [5.41, 5.74) is 2.03. The van der Waals surface area contributed by atoms with Crippen molar-refractivity contribution in [2.45, 2.75) is 19.2 Å². The Morgan fingerprint density at radius 1 is 0.952 bits per heavy atom. The fourth-order valence-corrected chi connectivity index (χ4v) is 2.77. The minimum absolute atomic E-state index is 0.225. The largest absolute Gasteiger partial charge is 0.490 e. The standard InChI is InChI=1S/C17H18BrClO2/c1-3-20-15-9-8-13(11-16(15)21-4-2)17(19)12-6-5-7-14(18)10-12/h5-11,17H,3-4H2,1-2H3. The van der Waals surface area contributed by atoms with E-state index in [0.717, 1.165) is 27.1 Å². The van der Waals surface area contributed by atoms with Crippen LogP contribution in [0.1, 0.15) is 30.4 Å². The predicted octanol–water partition coefficient (Wildman–Crippen LogP) is 5.57. The number of rotatable bonds is 6. The fraction of sp³-hybridized carbons (Fsp3) is 0.294. The Labute approximate surface area is 139 Å². The third-order valence-corrected chi connectivity index (χ3v) is 4.00. The molecular weight excluding hydrogens is 352 g/mol. The van der Waals surface area contributed by atoms with Gasteiger partial charge in [-0.3, -0.25) is 0 Å². The molecule has 0 aliphatic rings. The maximum atomic E-state index is 6.59. The summed E-state index contributed by atoms with van der Waals surface area (Å²) >= 11 is 10.1. The smallest absolute Gasteiger partial charge is 0.161 e. The minimum atomic E-state index is -0.225. The lowest BCUT2D eigenvalue weighted by Gasteiger charge is -2.15. The fourth-order valence-electron chi connectivity index (χ4n) is 2.08. The first-order chi connectivity index (χ1) is 10.2. The molecule has 2 aromatic rings. The normalized spacial score (nSPS) is 12.0. The van der Waals surface area contributed by atoms with E-state index in [4.69, 9.17) is 21.1 Å². The molecule has 0 fully saturated rings. The second kappa shape index (κ2) is 7.71. The molecule has 0 radical (unpaired) electrons. The molecule has 4 heteroatoms. The van der Waals surface area contributed by atoms with Gasteiger partial charge in [-0.05, 0) is 49.2 Å². The van der Waals surface area contributed by atoms with Gasteiger partial charge in [0.2, 0.25) is 0 Å². The minimum Gasteiger partial charge on any atom is -0.490 e. The van der Waals surface area contributed by atoms with Crippen LogP contribution in [0.5, 0.6) is 11.5 Å². The van der Waals surface area contributed by atoms with E-state index >= 15 is 0 Å². The Bertz CT molecular complexity index is 601. The number of ether oxygens (including phenoxy) is 2. The average Bonchev–Trinajstić information content (AvgIpc) is 2.49. The van der Waals surface area contributed by atoms with Crippen molar-refractivity contribution in [1.82, 2.24) is 0 Å². The molecule has 0 aromatic heterocycles. The Kier molecular flexibility index (Phi) is 5.95. The van der Waals surface area contributed by atoms with Gasteiger partial charge in [0.1, 0.15) is 0 Å². The Hall–Kier alpha value is -1.19. The average molecular weight is 370 g/mol. The summed E-state index contributed by atoms with van der Waals surface area (Å²) in [5, 5.41) is -0.225. The van der Waals surface area contributed by atoms with Gasteiger partial charge in [0.15, 0.2) is 11.5 Å². The molecule has 1 unspecified atom stereocenters. The van der Waals surface area contributed by atoms with Crippen LogP contribution < -0.4 is 9.47 Å². The topological polar surface area (TPSA) is 18.5 Å². The summed E-state index contributed by atoms with van der Waals surface area (Å²) in [6.07, 6.45) is 0. The van der Waals surface area contributed by atoms with Crippen LogP contribution in [0.3, 0.4) is 0 Å². The number of alkyl halides is 1. The zero-order chi connectivity index (χ0) is 15.2. The Balaban J connectivity index is 2.32. The predicted molar refractivity (Wildman–Crippen MR) is 90.6 cm³/mol. The van der Waals surface area contributed by atoms with Crippen molar-refractivity contribution >= 4 is 27.5 Å². The van der Waals surface area contributed by atoms with Crippen LogP contribution in [-0.2, 0) is 0 Å². The number of halogens is 2. The van der Waals surface area contributed by atoms with E-state index < -0.39 is 0 Å². The monoisotopic (exact) mass is 368 g/mol. The lowest BCUT2D eigenvalue weighted by molar-refractivity contribution is 0.287. The molecule has 0 spiro atoms. The van der Waals surface area contributed by atoms with Gasteiger partial charge >= 0.3 is 0 Å². The molecule has 0 saturated carbocycles. The summed E-state index contributed by atoms with van der Waals surface area (Å²) in [4.78, 5) is 0. The van der Waals surface area contributed by atoms with Crippen molar-refractivity contribution in [2.24, 2.45) is 0 Å². The summed E-state index contributed by atoms with van der Waals surface area (Å²) < 4.78 is 12.2. The SMILES string of the molecule is CCOc1ccc(C(Cl)c2cccc(Br)c2)cc1OCC. The lowest BCUT2D eigenvalue weighted by Crippen LogP contribution is -2.00. The molecule has 2 aromatic carbocycles. The molecule has 0 heterocycles. The molecule has 0 amide bonds. The van der Waals surface area contributed by atoms with E-state index in [1.54, 1.807) is 0 Å². The second-order valence-corrected chi connectivity index (χ2v) is 5.84. The van der Waals surface area contributed by atoms with Crippen LogP contribution in [0.15, 0.2) is 46.9 Å². The number of hydrogen-bond donors (Lipinski definition) is 0. The van der Waals surface area contributed by atoms with Crippen LogP contribution in [0.4, 0.5) is 0 Å². The second-order valence-electron chi connectivity index (χ2n) is 4.49. The summed E-state index contributed by atoms with van der Waals surface area (Å²) in [5.74, 6) is 1.48. The molecule has 2 nitrogen and oxygen atoms in total. The van der Waals surface area contributed by atoms with Gasteiger partial charge in [-0.1, -0.05) is 34.1 Å². The van der Waals surface area contributed by atoms with Crippen molar-refractivity contribution in [2.75, 3.05) is 13.2 Å². The van der Waals surface area contributed by atoms with Gasteiger partial charge in [0.05, 0.1) is 18.6 Å². The van der Waals surface area contributed by atoms with Gasteiger partial charge in [0.25, 0.3) is 0 Å². The zero-order valence-corrected chi connectivity index (χ0v) is 14.4. The first kappa shape index (κ1) is 16.2. The zero-order valence-electron chi connectivity index (χ0n) is 12.1. The maximum absolute atomic E-state index is 6.59. The van der Waals surface area contributed by atoms with E-state index in [9.17, 15) is 0 Å². The van der Waals surface area contributed by atoms with Crippen molar-refractivity contribution in [3.05, 3.63) is 58.1 Å². The Morgan fingerprint density at radius 2 is 1.62 bits per heavy atom. The lowest BCUT2D eigenvalue weighted by atomic mass is 10.0. The highest BCUT2D eigenvalue weighted by molar-refractivity contribution is 9.10. The van der Waals surface area contributed by atoms with Gasteiger partial charge in [0, 0.05) is 4.47 Å². The maximum Gasteiger partial charge on any atom is 0.161 e. The van der Waals surface area contributed by atoms with Crippen LogP contribution in [0.2, 0.25) is 0 Å². The van der Waals surface area contributed by atoms with Gasteiger partial charge in [-0.25, -0.2) is 0 Å². The third kappa shape index (κ3) is 4.14. The van der Waals surface area contributed by atoms with E-state index in [1.807, 2.05) is 56.3 Å².